The zero-order valence-electron chi connectivity index (χ0n) is 16.0. The van der Waals surface area contributed by atoms with Crippen LogP contribution in [0.25, 0.3) is 11.3 Å². The predicted octanol–water partition coefficient (Wildman–Crippen LogP) is 3.66. The van der Waals surface area contributed by atoms with Crippen LogP contribution in [0.4, 0.5) is 8.78 Å². The van der Waals surface area contributed by atoms with Gasteiger partial charge in [0.2, 0.25) is 5.76 Å². The van der Waals surface area contributed by atoms with Crippen molar-refractivity contribution in [1.82, 2.24) is 10.1 Å². The van der Waals surface area contributed by atoms with Crippen LogP contribution in [0.15, 0.2) is 59.1 Å². The molecule has 0 radical (unpaired) electrons. The summed E-state index contributed by atoms with van der Waals surface area (Å²) in [5.41, 5.74) is 0.469. The van der Waals surface area contributed by atoms with E-state index < -0.39 is 29.7 Å². The van der Waals surface area contributed by atoms with Crippen molar-refractivity contribution in [3.8, 4) is 17.0 Å². The first-order chi connectivity index (χ1) is 14.5. The van der Waals surface area contributed by atoms with Crippen LogP contribution in [0.5, 0.6) is 5.75 Å². The Kier molecular flexibility index (Phi) is 5.76. The van der Waals surface area contributed by atoms with Crippen LogP contribution >= 0.6 is 0 Å². The van der Waals surface area contributed by atoms with E-state index in [9.17, 15) is 18.7 Å². The highest BCUT2D eigenvalue weighted by atomic mass is 19.1. The summed E-state index contributed by atoms with van der Waals surface area (Å²) in [6.07, 6.45) is -0.927. The lowest BCUT2D eigenvalue weighted by molar-refractivity contribution is 0.0328. The summed E-state index contributed by atoms with van der Waals surface area (Å²) in [6, 6.07) is 13.5. The third-order valence-corrected chi connectivity index (χ3v) is 5.08. The number of benzene rings is 2. The van der Waals surface area contributed by atoms with Gasteiger partial charge < -0.3 is 19.3 Å². The number of aromatic nitrogens is 1. The van der Waals surface area contributed by atoms with Crippen molar-refractivity contribution >= 4 is 5.91 Å². The first kappa shape index (κ1) is 20.0. The van der Waals surface area contributed by atoms with Gasteiger partial charge in [0, 0.05) is 31.1 Å². The third kappa shape index (κ3) is 4.18. The first-order valence-electron chi connectivity index (χ1n) is 9.63. The molecule has 1 aromatic heterocycles. The predicted molar refractivity (Wildman–Crippen MR) is 104 cm³/mol. The lowest BCUT2D eigenvalue weighted by Gasteiger charge is -2.21. The highest BCUT2D eigenvalue weighted by molar-refractivity contribution is 5.92. The number of halogens is 2. The van der Waals surface area contributed by atoms with Crippen molar-refractivity contribution in [2.75, 3.05) is 13.1 Å². The Bertz CT molecular complexity index is 1040. The largest absolute Gasteiger partial charge is 0.485 e. The number of hydrogen-bond donors (Lipinski definition) is 1. The minimum Gasteiger partial charge on any atom is -0.485 e. The van der Waals surface area contributed by atoms with E-state index in [0.717, 1.165) is 0 Å². The van der Waals surface area contributed by atoms with Gasteiger partial charge in [-0.1, -0.05) is 29.4 Å². The van der Waals surface area contributed by atoms with E-state index in [1.165, 1.54) is 29.2 Å². The number of para-hydroxylation sites is 1. The quantitative estimate of drug-likeness (QED) is 0.705. The van der Waals surface area contributed by atoms with Gasteiger partial charge in [-0.25, -0.2) is 8.78 Å². The molecule has 6 nitrogen and oxygen atoms in total. The molecule has 0 bridgehead atoms. The molecule has 0 unspecified atom stereocenters. The first-order valence-corrected chi connectivity index (χ1v) is 9.63. The molecule has 1 aliphatic heterocycles. The number of likely N-dealkylation sites (tertiary alicyclic amines) is 1. The Balaban J connectivity index is 1.45. The summed E-state index contributed by atoms with van der Waals surface area (Å²) in [4.78, 5) is 14.3. The van der Waals surface area contributed by atoms with E-state index in [-0.39, 0.29) is 42.3 Å². The molecular formula is C22H20F2N2O4. The second-order valence-corrected chi connectivity index (χ2v) is 7.08. The fraction of sp³-hybridized carbons (Fsp3) is 0.273. The van der Waals surface area contributed by atoms with Gasteiger partial charge in [0.05, 0.1) is 6.10 Å². The molecule has 30 heavy (non-hydrogen) atoms. The molecule has 3 aromatic rings. The van der Waals surface area contributed by atoms with E-state index in [2.05, 4.69) is 5.16 Å². The second kappa shape index (κ2) is 8.62. The van der Waals surface area contributed by atoms with Crippen molar-refractivity contribution in [3.05, 3.63) is 72.0 Å². The highest BCUT2D eigenvalue weighted by Crippen LogP contribution is 2.25. The van der Waals surface area contributed by atoms with Crippen molar-refractivity contribution in [2.45, 2.75) is 25.0 Å². The monoisotopic (exact) mass is 414 g/mol. The number of aliphatic hydroxyl groups excluding tert-OH is 1. The molecule has 2 heterocycles. The summed E-state index contributed by atoms with van der Waals surface area (Å²) in [5.74, 6) is -1.34. The molecule has 0 spiro atoms. The van der Waals surface area contributed by atoms with E-state index in [1.807, 2.05) is 0 Å². The highest BCUT2D eigenvalue weighted by Gasteiger charge is 2.30. The van der Waals surface area contributed by atoms with Gasteiger partial charge in [0.15, 0.2) is 11.6 Å². The summed E-state index contributed by atoms with van der Waals surface area (Å²) in [6.45, 7) is 0.553. The Labute approximate surface area is 171 Å². The number of carbonyl (C=O) groups is 1. The Morgan fingerprint density at radius 1 is 1.07 bits per heavy atom. The van der Waals surface area contributed by atoms with Crippen molar-refractivity contribution in [2.24, 2.45) is 0 Å². The number of carbonyl (C=O) groups excluding carboxylic acids is 1. The number of ether oxygens (including phenoxy) is 1. The summed E-state index contributed by atoms with van der Waals surface area (Å²) in [5, 5.41) is 14.2. The van der Waals surface area contributed by atoms with Crippen molar-refractivity contribution < 1.29 is 27.9 Å². The fourth-order valence-electron chi connectivity index (χ4n) is 3.43. The lowest BCUT2D eigenvalue weighted by atomic mass is 10.1. The Hall–Kier alpha value is -3.26. The Morgan fingerprint density at radius 3 is 2.53 bits per heavy atom. The molecule has 1 N–H and O–H groups in total. The van der Waals surface area contributed by atoms with Crippen LogP contribution in [0.3, 0.4) is 0 Å². The molecule has 0 saturated carbocycles. The minimum absolute atomic E-state index is 0.0174. The Morgan fingerprint density at radius 2 is 1.77 bits per heavy atom. The van der Waals surface area contributed by atoms with Gasteiger partial charge in [0.1, 0.15) is 17.6 Å². The molecule has 8 heteroatoms. The van der Waals surface area contributed by atoms with Gasteiger partial charge in [-0.3, -0.25) is 4.79 Å². The van der Waals surface area contributed by atoms with Gasteiger partial charge in [-0.05, 0) is 30.7 Å². The molecule has 2 atom stereocenters. The van der Waals surface area contributed by atoms with Gasteiger partial charge in [0.25, 0.3) is 5.91 Å². The van der Waals surface area contributed by atoms with Crippen LogP contribution in [-0.4, -0.2) is 46.4 Å². The number of rotatable bonds is 4. The van der Waals surface area contributed by atoms with Gasteiger partial charge >= 0.3 is 0 Å². The molecule has 2 aromatic carbocycles. The maximum Gasteiger partial charge on any atom is 0.292 e. The van der Waals surface area contributed by atoms with Crippen LogP contribution in [0.1, 0.15) is 23.4 Å². The number of nitrogens with zero attached hydrogens (tertiary/aromatic N) is 2. The summed E-state index contributed by atoms with van der Waals surface area (Å²) >= 11 is 0. The van der Waals surface area contributed by atoms with Crippen LogP contribution < -0.4 is 4.74 Å². The average molecular weight is 414 g/mol. The smallest absolute Gasteiger partial charge is 0.292 e. The maximum absolute atomic E-state index is 13.9. The lowest BCUT2D eigenvalue weighted by Crippen LogP contribution is -2.32. The zero-order valence-corrected chi connectivity index (χ0v) is 16.0. The molecular weight excluding hydrogens is 394 g/mol. The zero-order chi connectivity index (χ0) is 21.1. The molecule has 1 amide bonds. The standard InChI is InChI=1S/C22H20F2N2O4/c23-15-6-2-1-5-14(15)17-13-21(30-25-17)22(28)26-11-9-18(27)20(10-12-26)29-19-8-4-3-7-16(19)24/h1-8,13,18,20,27H,9-12H2/t18-,20-/m0/s1. The molecule has 4 rings (SSSR count). The third-order valence-electron chi connectivity index (χ3n) is 5.08. The van der Waals surface area contributed by atoms with Crippen LogP contribution in [0, 0.1) is 11.6 Å². The maximum atomic E-state index is 13.9. The number of amides is 1. The van der Waals surface area contributed by atoms with Crippen LogP contribution in [-0.2, 0) is 0 Å². The topological polar surface area (TPSA) is 75.8 Å². The van der Waals surface area contributed by atoms with Crippen molar-refractivity contribution in [1.29, 1.82) is 0 Å². The molecule has 1 saturated heterocycles. The number of hydrogen-bond acceptors (Lipinski definition) is 5. The van der Waals surface area contributed by atoms with Crippen LogP contribution in [0.2, 0.25) is 0 Å². The fourth-order valence-corrected chi connectivity index (χ4v) is 3.43. The molecule has 1 aliphatic rings. The van der Waals surface area contributed by atoms with Gasteiger partial charge in [-0.15, -0.1) is 0 Å². The van der Waals surface area contributed by atoms with Gasteiger partial charge in [-0.2, -0.15) is 0 Å². The molecule has 156 valence electrons. The van der Waals surface area contributed by atoms with E-state index in [0.29, 0.717) is 6.42 Å². The van der Waals surface area contributed by atoms with E-state index in [4.69, 9.17) is 9.26 Å². The number of aliphatic hydroxyl groups is 1. The summed E-state index contributed by atoms with van der Waals surface area (Å²) < 4.78 is 38.6. The average Bonchev–Trinajstić information content (AvgIpc) is 3.16. The van der Waals surface area contributed by atoms with E-state index >= 15 is 0 Å². The minimum atomic E-state index is -0.855. The van der Waals surface area contributed by atoms with E-state index in [1.54, 1.807) is 30.3 Å². The SMILES string of the molecule is O=C(c1cc(-c2ccccc2F)no1)N1CC[C@H](Oc2ccccc2F)[C@@H](O)CC1. The normalized spacial score (nSPS) is 19.4. The van der Waals surface area contributed by atoms with Crippen molar-refractivity contribution in [3.63, 3.8) is 0 Å². The molecule has 0 aliphatic carbocycles. The summed E-state index contributed by atoms with van der Waals surface area (Å²) in [7, 11) is 0. The molecule has 1 fully saturated rings. The second-order valence-electron chi connectivity index (χ2n) is 7.08.